The summed E-state index contributed by atoms with van der Waals surface area (Å²) in [7, 11) is 0. The highest BCUT2D eigenvalue weighted by atomic mass is 35.5. The number of rotatable bonds is 2. The minimum atomic E-state index is -0.458. The van der Waals surface area contributed by atoms with E-state index in [4.69, 9.17) is 28.0 Å². The minimum absolute atomic E-state index is 0.221. The van der Waals surface area contributed by atoms with Gasteiger partial charge in [-0.3, -0.25) is 9.63 Å². The molecule has 1 aromatic rings. The quantitative estimate of drug-likeness (QED) is 0.829. The summed E-state index contributed by atoms with van der Waals surface area (Å²) < 4.78 is 0. The summed E-state index contributed by atoms with van der Waals surface area (Å²) in [4.78, 5) is 16.8. The van der Waals surface area contributed by atoms with E-state index in [-0.39, 0.29) is 5.02 Å². The lowest BCUT2D eigenvalue weighted by molar-refractivity contribution is -0.0589. The molecule has 0 fully saturated rings. The van der Waals surface area contributed by atoms with Crippen LogP contribution in [0.2, 0.25) is 10.0 Å². The van der Waals surface area contributed by atoms with Gasteiger partial charge in [-0.25, -0.2) is 5.48 Å². The summed E-state index contributed by atoms with van der Waals surface area (Å²) in [6.07, 6.45) is 0. The molecule has 0 heterocycles. The first-order valence-corrected chi connectivity index (χ1v) is 5.49. The third-order valence-corrected chi connectivity index (χ3v) is 2.47. The second kappa shape index (κ2) is 5.04. The number of hydrogen-bond donors (Lipinski definition) is 1. The van der Waals surface area contributed by atoms with Crippen molar-refractivity contribution in [2.24, 2.45) is 0 Å². The summed E-state index contributed by atoms with van der Waals surface area (Å²) in [5.74, 6) is -0.414. The molecule has 0 saturated carbocycles. The number of carbonyl (C=O) groups excluding carboxylic acids is 1. The molecule has 5 heteroatoms. The van der Waals surface area contributed by atoms with Crippen LogP contribution in [-0.4, -0.2) is 11.5 Å². The largest absolute Gasteiger partial charge is 0.276 e. The van der Waals surface area contributed by atoms with Gasteiger partial charge in [-0.05, 0) is 32.9 Å². The lowest BCUT2D eigenvalue weighted by Crippen LogP contribution is -2.33. The Bertz CT molecular complexity index is 399. The van der Waals surface area contributed by atoms with E-state index in [1.54, 1.807) is 18.2 Å². The van der Waals surface area contributed by atoms with Gasteiger partial charge in [0.15, 0.2) is 0 Å². The van der Waals surface area contributed by atoms with Gasteiger partial charge in [0, 0.05) is 0 Å². The predicted molar refractivity (Wildman–Crippen MR) is 64.8 cm³/mol. The van der Waals surface area contributed by atoms with E-state index in [1.807, 2.05) is 20.8 Å². The second-order valence-corrected chi connectivity index (χ2v) is 5.03. The molecule has 0 aliphatic rings. The number of hydroxylamine groups is 1. The average molecular weight is 262 g/mol. The molecule has 1 aromatic carbocycles. The highest BCUT2D eigenvalue weighted by Gasteiger charge is 2.16. The molecule has 0 radical (unpaired) electrons. The summed E-state index contributed by atoms with van der Waals surface area (Å²) in [6, 6.07) is 4.85. The fourth-order valence-corrected chi connectivity index (χ4v) is 1.32. The van der Waals surface area contributed by atoms with Gasteiger partial charge in [-0.2, -0.15) is 0 Å². The van der Waals surface area contributed by atoms with Gasteiger partial charge in [0.25, 0.3) is 5.91 Å². The van der Waals surface area contributed by atoms with Gasteiger partial charge in [0.2, 0.25) is 0 Å². The van der Waals surface area contributed by atoms with Crippen LogP contribution in [0.15, 0.2) is 18.2 Å². The van der Waals surface area contributed by atoms with E-state index >= 15 is 0 Å². The van der Waals surface area contributed by atoms with Crippen LogP contribution in [-0.2, 0) is 4.84 Å². The molecule has 0 unspecified atom stereocenters. The number of carbonyl (C=O) groups is 1. The SMILES string of the molecule is CC(C)(C)ONC(=O)c1cccc(Cl)c1Cl. The maximum absolute atomic E-state index is 11.7. The molecule has 0 aliphatic carbocycles. The van der Waals surface area contributed by atoms with Crippen molar-refractivity contribution < 1.29 is 9.63 Å². The number of hydrogen-bond acceptors (Lipinski definition) is 2. The second-order valence-electron chi connectivity index (χ2n) is 4.25. The standard InChI is InChI=1S/C11H13Cl2NO2/c1-11(2,3)16-14-10(15)7-5-4-6-8(12)9(7)13/h4-6H,1-3H3,(H,14,15). The fraction of sp³-hybridized carbons (Fsp3) is 0.364. The summed E-state index contributed by atoms with van der Waals surface area (Å²) in [5, 5.41) is 0.559. The van der Waals surface area contributed by atoms with E-state index in [1.165, 1.54) is 0 Å². The number of amides is 1. The first-order chi connectivity index (χ1) is 7.31. The van der Waals surface area contributed by atoms with E-state index < -0.39 is 11.5 Å². The van der Waals surface area contributed by atoms with Crippen LogP contribution >= 0.6 is 23.2 Å². The van der Waals surface area contributed by atoms with E-state index in [0.717, 1.165) is 0 Å². The Morgan fingerprint density at radius 1 is 1.31 bits per heavy atom. The Labute approximate surface area is 105 Å². The van der Waals surface area contributed by atoms with Crippen LogP contribution in [0.1, 0.15) is 31.1 Å². The van der Waals surface area contributed by atoms with E-state index in [2.05, 4.69) is 5.48 Å². The summed E-state index contributed by atoms with van der Waals surface area (Å²) >= 11 is 11.7. The molecule has 0 aromatic heterocycles. The van der Waals surface area contributed by atoms with Crippen molar-refractivity contribution in [2.45, 2.75) is 26.4 Å². The van der Waals surface area contributed by atoms with Crippen molar-refractivity contribution in [3.05, 3.63) is 33.8 Å². The van der Waals surface area contributed by atoms with Crippen molar-refractivity contribution in [1.29, 1.82) is 0 Å². The van der Waals surface area contributed by atoms with Crippen LogP contribution in [0.3, 0.4) is 0 Å². The van der Waals surface area contributed by atoms with Gasteiger partial charge >= 0.3 is 0 Å². The third-order valence-electron chi connectivity index (χ3n) is 1.65. The maximum Gasteiger partial charge on any atom is 0.276 e. The summed E-state index contributed by atoms with van der Waals surface area (Å²) in [6.45, 7) is 5.48. The zero-order valence-electron chi connectivity index (χ0n) is 9.30. The lowest BCUT2D eigenvalue weighted by Gasteiger charge is -2.19. The van der Waals surface area contributed by atoms with Crippen LogP contribution in [0.5, 0.6) is 0 Å². The first-order valence-electron chi connectivity index (χ1n) is 4.73. The Morgan fingerprint density at radius 2 is 1.94 bits per heavy atom. The van der Waals surface area contributed by atoms with Crippen molar-refractivity contribution >= 4 is 29.1 Å². The molecule has 0 aliphatic heterocycles. The Kier molecular flexibility index (Phi) is 4.19. The topological polar surface area (TPSA) is 38.3 Å². The van der Waals surface area contributed by atoms with Crippen molar-refractivity contribution in [1.82, 2.24) is 5.48 Å². The highest BCUT2D eigenvalue weighted by Crippen LogP contribution is 2.25. The smallest absolute Gasteiger partial charge is 0.268 e. The Morgan fingerprint density at radius 3 is 2.50 bits per heavy atom. The maximum atomic E-state index is 11.7. The molecular formula is C11H13Cl2NO2. The Balaban J connectivity index is 2.78. The predicted octanol–water partition coefficient (Wildman–Crippen LogP) is 3.45. The van der Waals surface area contributed by atoms with E-state index in [0.29, 0.717) is 10.6 Å². The fourth-order valence-electron chi connectivity index (χ4n) is 0.934. The van der Waals surface area contributed by atoms with Gasteiger partial charge < -0.3 is 0 Å². The van der Waals surface area contributed by atoms with Crippen LogP contribution in [0, 0.1) is 0 Å². The van der Waals surface area contributed by atoms with Crippen LogP contribution in [0.25, 0.3) is 0 Å². The molecule has 1 amide bonds. The first kappa shape index (κ1) is 13.3. The van der Waals surface area contributed by atoms with E-state index in [9.17, 15) is 4.79 Å². The summed E-state index contributed by atoms with van der Waals surface area (Å²) in [5.41, 5.74) is 2.16. The zero-order chi connectivity index (χ0) is 12.3. The minimum Gasteiger partial charge on any atom is -0.268 e. The molecule has 16 heavy (non-hydrogen) atoms. The van der Waals surface area contributed by atoms with Crippen molar-refractivity contribution in [2.75, 3.05) is 0 Å². The highest BCUT2D eigenvalue weighted by molar-refractivity contribution is 6.43. The van der Waals surface area contributed by atoms with Gasteiger partial charge in [-0.15, -0.1) is 0 Å². The van der Waals surface area contributed by atoms with Gasteiger partial charge in [0.05, 0.1) is 21.2 Å². The zero-order valence-corrected chi connectivity index (χ0v) is 10.8. The molecule has 1 N–H and O–H groups in total. The molecule has 0 saturated heterocycles. The molecule has 0 bridgehead atoms. The monoisotopic (exact) mass is 261 g/mol. The van der Waals surface area contributed by atoms with Gasteiger partial charge in [-0.1, -0.05) is 29.3 Å². The number of benzene rings is 1. The molecular weight excluding hydrogens is 249 g/mol. The van der Waals surface area contributed by atoms with Crippen molar-refractivity contribution in [3.63, 3.8) is 0 Å². The molecule has 88 valence electrons. The normalized spacial score (nSPS) is 11.3. The molecule has 0 atom stereocenters. The van der Waals surface area contributed by atoms with Crippen molar-refractivity contribution in [3.8, 4) is 0 Å². The number of nitrogens with one attached hydrogen (secondary N) is 1. The van der Waals surface area contributed by atoms with Crippen LogP contribution in [0.4, 0.5) is 0 Å². The van der Waals surface area contributed by atoms with Crippen LogP contribution < -0.4 is 5.48 Å². The average Bonchev–Trinajstić information content (AvgIpc) is 2.17. The molecule has 0 spiro atoms. The third kappa shape index (κ3) is 3.67. The lowest BCUT2D eigenvalue weighted by atomic mass is 10.2. The molecule has 3 nitrogen and oxygen atoms in total. The Hall–Kier alpha value is -0.770. The number of halogens is 2. The van der Waals surface area contributed by atoms with Gasteiger partial charge in [0.1, 0.15) is 0 Å². The molecule has 1 rings (SSSR count).